The highest BCUT2D eigenvalue weighted by Crippen LogP contribution is 2.32. The molecule has 0 fully saturated rings. The monoisotopic (exact) mass is 437 g/mol. The molecule has 4 aromatic rings. The summed E-state index contributed by atoms with van der Waals surface area (Å²) in [7, 11) is 0. The molecule has 2 aromatic heterocycles. The van der Waals surface area contributed by atoms with Crippen molar-refractivity contribution in [2.75, 3.05) is 5.73 Å². The minimum Gasteiger partial charge on any atom is -0.368 e. The van der Waals surface area contributed by atoms with Crippen molar-refractivity contribution < 1.29 is 17.6 Å². The minimum atomic E-state index is -4.63. The van der Waals surface area contributed by atoms with Gasteiger partial charge in [0.25, 0.3) is 0 Å². The predicted octanol–water partition coefficient (Wildman–Crippen LogP) is 4.03. The van der Waals surface area contributed by atoms with Crippen LogP contribution in [0.4, 0.5) is 23.5 Å². The number of halogens is 4. The summed E-state index contributed by atoms with van der Waals surface area (Å²) < 4.78 is 54.5. The number of nitrogens with two attached hydrogens (primary N) is 1. The van der Waals surface area contributed by atoms with Gasteiger partial charge in [-0.25, -0.2) is 14.1 Å². The van der Waals surface area contributed by atoms with Crippen molar-refractivity contribution in [2.24, 2.45) is 0 Å². The van der Waals surface area contributed by atoms with Crippen molar-refractivity contribution in [1.82, 2.24) is 19.7 Å². The van der Waals surface area contributed by atoms with Gasteiger partial charge in [0.2, 0.25) is 5.95 Å². The highest BCUT2D eigenvalue weighted by Gasteiger charge is 2.31. The van der Waals surface area contributed by atoms with E-state index in [0.717, 1.165) is 6.07 Å². The van der Waals surface area contributed by atoms with Gasteiger partial charge in [0.1, 0.15) is 5.82 Å². The minimum absolute atomic E-state index is 0.158. The number of aromatic nitrogens is 4. The van der Waals surface area contributed by atoms with E-state index < -0.39 is 17.6 Å². The molecule has 4 rings (SSSR count). The van der Waals surface area contributed by atoms with E-state index in [2.05, 4.69) is 15.1 Å². The number of alkyl halides is 3. The first-order valence-corrected chi connectivity index (χ1v) is 9.00. The molecule has 0 atom stereocenters. The van der Waals surface area contributed by atoms with Crippen LogP contribution >= 0.6 is 0 Å². The smallest absolute Gasteiger partial charge is 0.368 e. The molecule has 0 amide bonds. The molecule has 11 heteroatoms. The summed E-state index contributed by atoms with van der Waals surface area (Å²) in [5, 5.41) is 22.9. The molecular weight excluding hydrogens is 426 g/mol. The number of hydrogen-bond acceptors (Lipinski definition) is 6. The molecule has 0 spiro atoms. The van der Waals surface area contributed by atoms with Crippen LogP contribution in [0.25, 0.3) is 22.3 Å². The van der Waals surface area contributed by atoms with E-state index in [4.69, 9.17) is 5.73 Å². The molecular formula is C21H11F4N7. The van der Waals surface area contributed by atoms with E-state index in [1.165, 1.54) is 29.1 Å². The van der Waals surface area contributed by atoms with Gasteiger partial charge in [-0.2, -0.15) is 33.8 Å². The van der Waals surface area contributed by atoms with Gasteiger partial charge in [0, 0.05) is 11.1 Å². The van der Waals surface area contributed by atoms with Gasteiger partial charge >= 0.3 is 6.18 Å². The molecule has 7 nitrogen and oxygen atoms in total. The van der Waals surface area contributed by atoms with Crippen molar-refractivity contribution in [1.29, 1.82) is 10.5 Å². The Kier molecular flexibility index (Phi) is 4.95. The van der Waals surface area contributed by atoms with Crippen LogP contribution in [0.2, 0.25) is 0 Å². The van der Waals surface area contributed by atoms with Crippen molar-refractivity contribution >= 4 is 17.0 Å². The number of rotatable bonds is 3. The van der Waals surface area contributed by atoms with Crippen molar-refractivity contribution in [3.63, 3.8) is 0 Å². The fourth-order valence-corrected chi connectivity index (χ4v) is 3.23. The van der Waals surface area contributed by atoms with Crippen LogP contribution in [-0.4, -0.2) is 19.7 Å². The number of hydrogen-bond donors (Lipinski definition) is 1. The highest BCUT2D eigenvalue weighted by molar-refractivity contribution is 5.91. The molecule has 0 aliphatic carbocycles. The summed E-state index contributed by atoms with van der Waals surface area (Å²) in [6, 6.07) is 10.4. The van der Waals surface area contributed by atoms with E-state index in [0.29, 0.717) is 23.1 Å². The summed E-state index contributed by atoms with van der Waals surface area (Å²) in [5.74, 6) is -0.996. The van der Waals surface area contributed by atoms with E-state index in [1.54, 1.807) is 0 Å². The average Bonchev–Trinajstić information content (AvgIpc) is 3.15. The number of benzene rings is 2. The van der Waals surface area contributed by atoms with Crippen molar-refractivity contribution in [3.8, 4) is 23.4 Å². The molecule has 0 saturated heterocycles. The maximum absolute atomic E-state index is 14.2. The fraction of sp³-hybridized carbons (Fsp3) is 0.0952. The zero-order valence-corrected chi connectivity index (χ0v) is 16.0. The third kappa shape index (κ3) is 3.79. The Labute approximate surface area is 178 Å². The Bertz CT molecular complexity index is 1410. The van der Waals surface area contributed by atoms with Crippen molar-refractivity contribution in [2.45, 2.75) is 12.7 Å². The molecule has 2 heterocycles. The van der Waals surface area contributed by atoms with Crippen LogP contribution < -0.4 is 5.73 Å². The lowest BCUT2D eigenvalue weighted by Crippen LogP contribution is -2.10. The van der Waals surface area contributed by atoms with Gasteiger partial charge in [-0.1, -0.05) is 0 Å². The SMILES string of the molecule is N#Cc1cc(C#N)cc(-c2nc(N)nc3c2cnn3Cc2cc(C(F)(F)F)ccc2F)c1. The van der Waals surface area contributed by atoms with Crippen LogP contribution in [0.15, 0.2) is 42.6 Å². The zero-order valence-electron chi connectivity index (χ0n) is 16.0. The number of anilines is 1. The largest absolute Gasteiger partial charge is 0.416 e. The quantitative estimate of drug-likeness (QED) is 0.484. The third-order valence-electron chi connectivity index (χ3n) is 4.67. The van der Waals surface area contributed by atoms with Gasteiger partial charge < -0.3 is 5.73 Å². The average molecular weight is 437 g/mol. The lowest BCUT2D eigenvalue weighted by atomic mass is 10.0. The predicted molar refractivity (Wildman–Crippen MR) is 105 cm³/mol. The summed E-state index contributed by atoms with van der Waals surface area (Å²) in [4.78, 5) is 8.27. The summed E-state index contributed by atoms with van der Waals surface area (Å²) in [6.45, 7) is -0.336. The number of fused-ring (bicyclic) bond motifs is 1. The Hall–Kier alpha value is -4.51. The third-order valence-corrected chi connectivity index (χ3v) is 4.67. The first kappa shape index (κ1) is 20.8. The van der Waals surface area contributed by atoms with Gasteiger partial charge in [0.15, 0.2) is 5.65 Å². The highest BCUT2D eigenvalue weighted by atomic mass is 19.4. The second-order valence-corrected chi connectivity index (χ2v) is 6.80. The summed E-state index contributed by atoms with van der Waals surface area (Å²) >= 11 is 0. The molecule has 0 aliphatic heterocycles. The van der Waals surface area contributed by atoms with Crippen molar-refractivity contribution in [3.05, 3.63) is 70.7 Å². The summed E-state index contributed by atoms with van der Waals surface area (Å²) in [6.07, 6.45) is -3.26. The molecule has 32 heavy (non-hydrogen) atoms. The first-order chi connectivity index (χ1) is 15.2. The maximum Gasteiger partial charge on any atom is 0.416 e. The molecule has 0 saturated carbocycles. The number of nitrogens with zero attached hydrogens (tertiary/aromatic N) is 6. The molecule has 0 aliphatic rings. The molecule has 0 unspecified atom stereocenters. The van der Waals surface area contributed by atoms with E-state index in [1.807, 2.05) is 12.1 Å². The van der Waals surface area contributed by atoms with Crippen LogP contribution in [-0.2, 0) is 12.7 Å². The van der Waals surface area contributed by atoms with E-state index in [9.17, 15) is 28.1 Å². The topological polar surface area (TPSA) is 117 Å². The van der Waals surface area contributed by atoms with E-state index in [-0.39, 0.29) is 40.5 Å². The second kappa shape index (κ2) is 7.63. The van der Waals surface area contributed by atoms with Gasteiger partial charge in [-0.15, -0.1) is 0 Å². The number of nitrogen functional groups attached to an aromatic ring is 1. The Morgan fingerprint density at radius 1 is 1.00 bits per heavy atom. The molecule has 158 valence electrons. The Morgan fingerprint density at radius 2 is 1.69 bits per heavy atom. The van der Waals surface area contributed by atoms with Crippen LogP contribution in [0.3, 0.4) is 0 Å². The summed E-state index contributed by atoms with van der Waals surface area (Å²) in [5.41, 5.74) is 5.89. The molecule has 2 N–H and O–H groups in total. The molecule has 0 bridgehead atoms. The molecule has 2 aromatic carbocycles. The normalized spacial score (nSPS) is 11.3. The van der Waals surface area contributed by atoms with Crippen LogP contribution in [0.1, 0.15) is 22.3 Å². The zero-order chi connectivity index (χ0) is 23.0. The van der Waals surface area contributed by atoms with Gasteiger partial charge in [-0.05, 0) is 36.4 Å². The first-order valence-electron chi connectivity index (χ1n) is 9.00. The Morgan fingerprint density at radius 3 is 2.31 bits per heavy atom. The van der Waals surface area contributed by atoms with Crippen LogP contribution in [0.5, 0.6) is 0 Å². The maximum atomic E-state index is 14.2. The number of nitriles is 2. The van der Waals surface area contributed by atoms with Gasteiger partial charge in [0.05, 0.1) is 52.7 Å². The fourth-order valence-electron chi connectivity index (χ4n) is 3.23. The van der Waals surface area contributed by atoms with Gasteiger partial charge in [-0.3, -0.25) is 0 Å². The Balaban J connectivity index is 1.84. The van der Waals surface area contributed by atoms with E-state index >= 15 is 0 Å². The lowest BCUT2D eigenvalue weighted by Gasteiger charge is -2.11. The van der Waals surface area contributed by atoms with Crippen LogP contribution in [0, 0.1) is 28.5 Å². The standard InChI is InChI=1S/C21H11F4N7/c22-17-2-1-15(21(23,24)25)6-14(17)10-32-19-16(9-29-32)18(30-20(28)31-19)13-4-11(7-26)3-12(5-13)8-27/h1-6,9H,10H2,(H2,28,30,31). The second-order valence-electron chi connectivity index (χ2n) is 6.80. The lowest BCUT2D eigenvalue weighted by molar-refractivity contribution is -0.137. The molecule has 0 radical (unpaired) electrons.